The summed E-state index contributed by atoms with van der Waals surface area (Å²) in [5.74, 6) is -0.617. The number of carbonyl (C=O) groups excluding carboxylic acids is 1. The molecule has 11 nitrogen and oxygen atoms in total. The zero-order chi connectivity index (χ0) is 19.7. The van der Waals surface area contributed by atoms with E-state index in [0.29, 0.717) is 0 Å². The van der Waals surface area contributed by atoms with Gasteiger partial charge in [-0.1, -0.05) is 0 Å². The molecule has 1 saturated carbocycles. The second-order valence-corrected chi connectivity index (χ2v) is 20.2. The number of fused-ring (bicyclic) bond motifs is 1. The van der Waals surface area contributed by atoms with E-state index in [2.05, 4.69) is 4.98 Å². The Balaban J connectivity index is 2.11. The predicted octanol–water partition coefficient (Wildman–Crippen LogP) is -0.572. The van der Waals surface area contributed by atoms with Gasteiger partial charge in [0, 0.05) is 0 Å². The first kappa shape index (κ1) is 20.9. The molecule has 14 heteroatoms. The predicted molar refractivity (Wildman–Crippen MR) is 101 cm³/mol. The quantitative estimate of drug-likeness (QED) is 0.154. The van der Waals surface area contributed by atoms with Gasteiger partial charge in [-0.3, -0.25) is 0 Å². The number of aliphatic hydroxyl groups is 1. The van der Waals surface area contributed by atoms with E-state index in [1.54, 1.807) is 0 Å². The van der Waals surface area contributed by atoms with Crippen LogP contribution in [0.2, 0.25) is 0 Å². The molecule has 0 spiro atoms. The van der Waals surface area contributed by atoms with Gasteiger partial charge in [0.25, 0.3) is 0 Å². The van der Waals surface area contributed by atoms with E-state index in [9.17, 15) is 29.5 Å². The van der Waals surface area contributed by atoms with E-state index >= 15 is 0 Å². The van der Waals surface area contributed by atoms with Gasteiger partial charge in [-0.15, -0.1) is 0 Å². The molecule has 1 aliphatic heterocycles. The number of Topliss-reactive ketones (excluding diaryl/α,β-unsaturated/α-hetero) is 1. The summed E-state index contributed by atoms with van der Waals surface area (Å²) in [5, 5.41) is 6.53. The van der Waals surface area contributed by atoms with E-state index in [1.165, 1.54) is 45.3 Å². The summed E-state index contributed by atoms with van der Waals surface area (Å²) in [6.07, 6.45) is 4.17. The van der Waals surface area contributed by atoms with Gasteiger partial charge in [0.1, 0.15) is 0 Å². The molecule has 3 rings (SSSR count). The average Bonchev–Trinajstić information content (AvgIpc) is 3.00. The third kappa shape index (κ3) is 2.42. The first-order valence-electron chi connectivity index (χ1n) is 7.59. The van der Waals surface area contributed by atoms with Gasteiger partial charge < -0.3 is 0 Å². The van der Waals surface area contributed by atoms with Crippen LogP contribution >= 0.6 is 34.5 Å². The van der Waals surface area contributed by atoms with Crippen molar-refractivity contribution in [1.82, 2.24) is 9.55 Å². The number of ketones is 1. The van der Waals surface area contributed by atoms with Crippen molar-refractivity contribution in [3.05, 3.63) is 18.7 Å². The van der Waals surface area contributed by atoms with Crippen LogP contribution < -0.4 is 5.73 Å². The molecule has 0 aromatic carbocycles. The van der Waals surface area contributed by atoms with Crippen LogP contribution in [0.15, 0.2) is 18.7 Å². The Labute approximate surface area is 162 Å². The minimum absolute atomic E-state index is 0.0190. The van der Waals surface area contributed by atoms with Gasteiger partial charge in [-0.2, -0.15) is 0 Å². The molecule has 2 fully saturated rings. The number of imidazole rings is 1. The Morgan fingerprint density at radius 1 is 1.46 bits per heavy atom. The molecule has 26 heavy (non-hydrogen) atoms. The summed E-state index contributed by atoms with van der Waals surface area (Å²) in [6.45, 7) is -0.0646. The maximum atomic E-state index is 12.3. The van der Waals surface area contributed by atoms with Crippen LogP contribution in [-0.4, -0.2) is 69.3 Å². The molecule has 7 N–H and O–H groups in total. The van der Waals surface area contributed by atoms with E-state index in [4.69, 9.17) is 15.5 Å². The normalized spacial score (nSPS) is 32.4. The Bertz CT molecular complexity index is 719. The van der Waals surface area contributed by atoms with Crippen LogP contribution in [0, 0.1) is 0 Å². The third-order valence-corrected chi connectivity index (χ3v) is 15.6. The number of nitrogens with two attached hydrogens (primary N) is 1. The number of rotatable bonds is 7. The molecule has 1 saturated heterocycles. The molecule has 1 aliphatic carbocycles. The van der Waals surface area contributed by atoms with Crippen molar-refractivity contribution in [2.24, 2.45) is 5.73 Å². The second-order valence-electron chi connectivity index (χ2n) is 6.83. The van der Waals surface area contributed by atoms with Gasteiger partial charge in [0.2, 0.25) is 0 Å². The first-order chi connectivity index (χ1) is 11.7. The molecule has 2 aliphatic rings. The third-order valence-electron chi connectivity index (χ3n) is 5.18. The van der Waals surface area contributed by atoms with Gasteiger partial charge >= 0.3 is 162 Å². The molecule has 2 unspecified atom stereocenters. The molecule has 148 valence electrons. The molecule has 1 aromatic rings. The zero-order valence-corrected chi connectivity index (χ0v) is 17.7. The fourth-order valence-corrected chi connectivity index (χ4v) is 12.4. The van der Waals surface area contributed by atoms with E-state index in [0.717, 1.165) is 6.66 Å². The minimum atomic E-state index is -5.11. The summed E-state index contributed by atoms with van der Waals surface area (Å²) in [5.41, 5.74) is 3.68. The maximum absolute atomic E-state index is 12.3. The molecule has 0 amide bonds. The van der Waals surface area contributed by atoms with Crippen molar-refractivity contribution in [3.63, 3.8) is 0 Å². The van der Waals surface area contributed by atoms with Crippen LogP contribution in [0.1, 0.15) is 12.8 Å². The Morgan fingerprint density at radius 3 is 2.46 bits per heavy atom. The van der Waals surface area contributed by atoms with E-state index < -0.39 is 47.3 Å². The van der Waals surface area contributed by atoms with Crippen molar-refractivity contribution >= 4 is 40.2 Å². The number of halogens is 1. The van der Waals surface area contributed by atoms with Crippen molar-refractivity contribution in [2.75, 3.05) is 13.2 Å². The molecular formula is C12H21IN3O8P2+. The second kappa shape index (κ2) is 5.83. The zero-order valence-electron chi connectivity index (χ0n) is 13.8. The van der Waals surface area contributed by atoms with Gasteiger partial charge in [0.05, 0.1) is 0 Å². The standard InChI is InChI=1S/C12H21IN3O8P2/c1-26(13,21,22)12(18,7-16-5-4-15-8-16)25(19,20)11-3-2-10(11,23-24-11)9(17)6-14/h4-5,8,18-22H,2-3,6-7,14H2,1H3/q+1/t10?,11-,12?/m0/s1. The fraction of sp³-hybridized carbons (Fsp3) is 0.667. The monoisotopic (exact) mass is 524 g/mol. The summed E-state index contributed by atoms with van der Waals surface area (Å²) >= 11 is 1.24. The van der Waals surface area contributed by atoms with Gasteiger partial charge in [0.15, 0.2) is 0 Å². The SMILES string of the molecule is CP(O)(O)(I)C(O)(Cn1ccnc1)[P+](O)(O)[C@@]12CCC1(C(=O)CN)OO2. The molecule has 0 bridgehead atoms. The fourth-order valence-electron chi connectivity index (χ4n) is 3.41. The number of carbonyl (C=O) groups is 1. The molecular weight excluding hydrogens is 503 g/mol. The van der Waals surface area contributed by atoms with Crippen LogP contribution in [0.25, 0.3) is 0 Å². The summed E-state index contributed by atoms with van der Waals surface area (Å²) in [4.78, 5) is 69.7. The summed E-state index contributed by atoms with van der Waals surface area (Å²) < 4.78 is -3.83. The number of nitrogens with zero attached hydrogens (tertiary/aromatic N) is 2. The Hall–Kier alpha value is 0.150. The first-order valence-corrected chi connectivity index (χ1v) is 14.7. The van der Waals surface area contributed by atoms with Crippen LogP contribution in [-0.2, 0) is 21.1 Å². The van der Waals surface area contributed by atoms with E-state index in [1.807, 2.05) is 0 Å². The van der Waals surface area contributed by atoms with Crippen LogP contribution in [0.4, 0.5) is 0 Å². The molecule has 1 aromatic heterocycles. The molecule has 3 atom stereocenters. The topological polar surface area (TPSA) is 181 Å². The van der Waals surface area contributed by atoms with Crippen molar-refractivity contribution < 1.29 is 39.2 Å². The van der Waals surface area contributed by atoms with Crippen molar-refractivity contribution in [2.45, 2.75) is 35.4 Å². The van der Waals surface area contributed by atoms with Crippen LogP contribution in [0.5, 0.6) is 0 Å². The van der Waals surface area contributed by atoms with E-state index in [-0.39, 0.29) is 12.8 Å². The Kier molecular flexibility index (Phi) is 4.68. The van der Waals surface area contributed by atoms with Crippen molar-refractivity contribution in [3.8, 4) is 0 Å². The van der Waals surface area contributed by atoms with Gasteiger partial charge in [-0.05, 0) is 0 Å². The average molecular weight is 524 g/mol. The molecule has 2 heterocycles. The number of hydrogen-bond donors (Lipinski definition) is 6. The number of hydrogen-bond acceptors (Lipinski definition) is 10. The number of aromatic nitrogens is 2. The van der Waals surface area contributed by atoms with Crippen molar-refractivity contribution in [1.29, 1.82) is 0 Å². The summed E-state index contributed by atoms with van der Waals surface area (Å²) in [7, 11) is -4.78. The Morgan fingerprint density at radius 2 is 2.12 bits per heavy atom. The molecule has 0 radical (unpaired) electrons. The van der Waals surface area contributed by atoms with Crippen LogP contribution in [0.3, 0.4) is 0 Å². The van der Waals surface area contributed by atoms with Gasteiger partial charge in [-0.25, -0.2) is 0 Å². The summed E-state index contributed by atoms with van der Waals surface area (Å²) in [6, 6.07) is 0.